The summed E-state index contributed by atoms with van der Waals surface area (Å²) in [5.74, 6) is -2.21. The number of amides is 2. The first-order valence-corrected chi connectivity index (χ1v) is 15.9. The van der Waals surface area contributed by atoms with Crippen LogP contribution in [0.2, 0.25) is 0 Å². The highest BCUT2D eigenvalue weighted by Gasteiger charge is 2.31. The lowest BCUT2D eigenvalue weighted by Crippen LogP contribution is -2.47. The molecule has 0 radical (unpaired) electrons. The molecule has 1 heterocycles. The molecule has 13 heteroatoms. The number of nitrogens with one attached hydrogen (secondary N) is 1. The molecule has 1 aliphatic rings. The first kappa shape index (κ1) is 37.8. The van der Waals surface area contributed by atoms with Gasteiger partial charge in [0.15, 0.2) is 0 Å². The number of aromatic carboxylic acids is 1. The van der Waals surface area contributed by atoms with Crippen LogP contribution in [0.5, 0.6) is 5.75 Å². The fourth-order valence-electron chi connectivity index (χ4n) is 5.38. The summed E-state index contributed by atoms with van der Waals surface area (Å²) in [4.78, 5) is 41.3. The van der Waals surface area contributed by atoms with Crippen molar-refractivity contribution in [2.45, 2.75) is 83.8 Å². The van der Waals surface area contributed by atoms with E-state index in [0.29, 0.717) is 26.1 Å². The first-order chi connectivity index (χ1) is 22.2. The Balaban J connectivity index is 1.87. The molecule has 0 aliphatic carbocycles. The van der Waals surface area contributed by atoms with Crippen LogP contribution in [-0.2, 0) is 16.1 Å². The van der Waals surface area contributed by atoms with Crippen LogP contribution < -0.4 is 10.1 Å². The number of aliphatic hydroxyl groups is 1. The molecule has 4 atom stereocenters. The van der Waals surface area contributed by atoms with Crippen molar-refractivity contribution in [2.24, 2.45) is 5.92 Å². The molecule has 3 N–H and O–H groups in total. The highest BCUT2D eigenvalue weighted by molar-refractivity contribution is 5.99. The Hall–Kier alpha value is -3.68. The lowest BCUT2D eigenvalue weighted by Gasteiger charge is -2.36. The van der Waals surface area contributed by atoms with E-state index in [0.717, 1.165) is 18.4 Å². The second kappa shape index (κ2) is 17.5. The molecule has 3 rings (SSSR count). The number of hydrogen-bond donors (Lipinski definition) is 3. The highest BCUT2D eigenvalue weighted by atomic mass is 19.4. The minimum Gasteiger partial charge on any atom is -0.490 e. The summed E-state index contributed by atoms with van der Waals surface area (Å²) in [6.07, 6.45) is -4.80. The number of likely N-dealkylation sites (N-methyl/N-ethyl adjacent to an activating group) is 1. The highest BCUT2D eigenvalue weighted by Crippen LogP contribution is 2.29. The fraction of sp³-hybridized carbons (Fsp3) is 0.559. The van der Waals surface area contributed by atoms with Gasteiger partial charge in [-0.25, -0.2) is 4.79 Å². The predicted octanol–water partition coefficient (Wildman–Crippen LogP) is 5.59. The van der Waals surface area contributed by atoms with Gasteiger partial charge in [0, 0.05) is 44.3 Å². The lowest BCUT2D eigenvalue weighted by atomic mass is 10.0. The lowest BCUT2D eigenvalue weighted by molar-refractivity contribution is -0.142. The summed E-state index contributed by atoms with van der Waals surface area (Å²) in [5.41, 5.74) is 1.42. The van der Waals surface area contributed by atoms with Crippen LogP contribution in [0.3, 0.4) is 0 Å². The summed E-state index contributed by atoms with van der Waals surface area (Å²) in [5, 5.41) is 21.8. The average molecular weight is 666 g/mol. The number of hydrogen-bond acceptors (Lipinski definition) is 7. The SMILES string of the molecule is C[C@@H]1CCCCO[C@H](CN(C)Cc2ccc(C(=O)O)cc2)[C@@H](C)CN([C@H](C)CO)C(=O)c2cc(NC(=O)CCC(F)(F)F)ccc2O1. The van der Waals surface area contributed by atoms with E-state index in [1.54, 1.807) is 31.2 Å². The molecule has 0 fully saturated rings. The van der Waals surface area contributed by atoms with Gasteiger partial charge >= 0.3 is 12.1 Å². The smallest absolute Gasteiger partial charge is 0.389 e. The van der Waals surface area contributed by atoms with E-state index in [4.69, 9.17) is 9.47 Å². The van der Waals surface area contributed by atoms with E-state index in [2.05, 4.69) is 10.2 Å². The summed E-state index contributed by atoms with van der Waals surface area (Å²) < 4.78 is 50.5. The van der Waals surface area contributed by atoms with E-state index >= 15 is 0 Å². The van der Waals surface area contributed by atoms with E-state index in [-0.39, 0.29) is 53.8 Å². The molecular formula is C34H46F3N3O7. The number of rotatable bonds is 10. The quantitative estimate of drug-likeness (QED) is 0.300. The maximum Gasteiger partial charge on any atom is 0.389 e. The molecule has 2 amide bonds. The van der Waals surface area contributed by atoms with Gasteiger partial charge in [-0.1, -0.05) is 19.1 Å². The van der Waals surface area contributed by atoms with Gasteiger partial charge < -0.3 is 29.9 Å². The number of anilines is 1. The molecule has 0 saturated heterocycles. The van der Waals surface area contributed by atoms with Gasteiger partial charge in [-0.3, -0.25) is 14.5 Å². The Labute approximate surface area is 273 Å². The minimum atomic E-state index is -4.48. The molecule has 0 aromatic heterocycles. The van der Waals surface area contributed by atoms with Crippen molar-refractivity contribution >= 4 is 23.5 Å². The number of alkyl halides is 3. The Morgan fingerprint density at radius 3 is 2.47 bits per heavy atom. The molecule has 0 saturated carbocycles. The van der Waals surface area contributed by atoms with Crippen LogP contribution in [0.15, 0.2) is 42.5 Å². The van der Waals surface area contributed by atoms with E-state index in [1.807, 2.05) is 20.9 Å². The van der Waals surface area contributed by atoms with E-state index in [9.17, 15) is 37.8 Å². The maximum absolute atomic E-state index is 14.2. The fourth-order valence-corrected chi connectivity index (χ4v) is 5.38. The monoisotopic (exact) mass is 665 g/mol. The van der Waals surface area contributed by atoms with Crippen LogP contribution >= 0.6 is 0 Å². The molecule has 2 aromatic carbocycles. The summed E-state index contributed by atoms with van der Waals surface area (Å²) in [6, 6.07) is 10.5. The zero-order valence-electron chi connectivity index (χ0n) is 27.4. The van der Waals surface area contributed by atoms with Crippen LogP contribution in [0.4, 0.5) is 18.9 Å². The second-order valence-corrected chi connectivity index (χ2v) is 12.4. The maximum atomic E-state index is 14.2. The van der Waals surface area contributed by atoms with Gasteiger partial charge in [0.2, 0.25) is 5.91 Å². The number of ether oxygens (including phenoxy) is 2. The number of aliphatic hydroxyl groups excluding tert-OH is 1. The van der Waals surface area contributed by atoms with Gasteiger partial charge in [-0.15, -0.1) is 0 Å². The molecule has 260 valence electrons. The van der Waals surface area contributed by atoms with Crippen molar-refractivity contribution in [3.63, 3.8) is 0 Å². The van der Waals surface area contributed by atoms with E-state index in [1.165, 1.54) is 23.1 Å². The van der Waals surface area contributed by atoms with Gasteiger partial charge in [0.25, 0.3) is 5.91 Å². The predicted molar refractivity (Wildman–Crippen MR) is 171 cm³/mol. The molecule has 47 heavy (non-hydrogen) atoms. The molecule has 0 unspecified atom stereocenters. The zero-order chi connectivity index (χ0) is 34.7. The minimum absolute atomic E-state index is 0.120. The number of fused-ring (bicyclic) bond motifs is 1. The molecule has 10 nitrogen and oxygen atoms in total. The Morgan fingerprint density at radius 2 is 1.83 bits per heavy atom. The Bertz CT molecular complexity index is 1340. The number of nitrogens with zero attached hydrogens (tertiary/aromatic N) is 2. The molecule has 0 bridgehead atoms. The summed E-state index contributed by atoms with van der Waals surface area (Å²) >= 11 is 0. The number of benzene rings is 2. The Kier molecular flexibility index (Phi) is 14.0. The van der Waals surface area contributed by atoms with Gasteiger partial charge in [0.05, 0.1) is 42.4 Å². The van der Waals surface area contributed by atoms with Gasteiger partial charge in [0.1, 0.15) is 5.75 Å². The van der Waals surface area contributed by atoms with Crippen LogP contribution in [0.25, 0.3) is 0 Å². The second-order valence-electron chi connectivity index (χ2n) is 12.4. The van der Waals surface area contributed by atoms with Gasteiger partial charge in [-0.05, 0) is 76.1 Å². The van der Waals surface area contributed by atoms with Crippen molar-refractivity contribution in [1.29, 1.82) is 0 Å². The number of carbonyl (C=O) groups is 3. The molecule has 2 aromatic rings. The van der Waals surface area contributed by atoms with Gasteiger partial charge in [-0.2, -0.15) is 13.2 Å². The van der Waals surface area contributed by atoms with Crippen molar-refractivity contribution in [3.05, 3.63) is 59.2 Å². The Morgan fingerprint density at radius 1 is 1.13 bits per heavy atom. The van der Waals surface area contributed by atoms with Crippen molar-refractivity contribution in [2.75, 3.05) is 38.7 Å². The van der Waals surface area contributed by atoms with Crippen LogP contribution in [-0.4, -0.2) is 95.6 Å². The molecule has 1 aliphatic heterocycles. The third kappa shape index (κ3) is 12.1. The van der Waals surface area contributed by atoms with Crippen molar-refractivity contribution in [1.82, 2.24) is 9.80 Å². The third-order valence-corrected chi connectivity index (χ3v) is 8.12. The molecule has 0 spiro atoms. The largest absolute Gasteiger partial charge is 0.490 e. The number of carboxylic acids is 1. The average Bonchev–Trinajstić information content (AvgIpc) is 3.01. The van der Waals surface area contributed by atoms with Crippen LogP contribution in [0.1, 0.15) is 79.2 Å². The van der Waals surface area contributed by atoms with E-state index < -0.39 is 42.8 Å². The topological polar surface area (TPSA) is 129 Å². The van der Waals surface area contributed by atoms with Crippen LogP contribution in [0, 0.1) is 5.92 Å². The zero-order valence-corrected chi connectivity index (χ0v) is 27.4. The number of carboxylic acid groups (broad SMARTS) is 1. The van der Waals surface area contributed by atoms with Crippen molar-refractivity contribution in [3.8, 4) is 5.75 Å². The summed E-state index contributed by atoms with van der Waals surface area (Å²) in [6.45, 7) is 7.00. The molecular weight excluding hydrogens is 619 g/mol. The summed E-state index contributed by atoms with van der Waals surface area (Å²) in [7, 11) is 1.94. The number of carbonyl (C=O) groups excluding carboxylic acids is 2. The van der Waals surface area contributed by atoms with Crippen molar-refractivity contribution < 1.29 is 47.2 Å². The number of halogens is 3. The standard InChI is InChI=1S/C34H46F3N3O7/c1-22-18-40(23(2)21-41)32(43)28-17-27(38-31(42)14-15-34(35,36)37)12-13-29(28)47-24(3)7-5-6-16-46-30(22)20-39(4)19-25-8-10-26(11-9-25)33(44)45/h8-13,17,22-24,30,41H,5-7,14-16,18-21H2,1-4H3,(H,38,42)(H,44,45)/t22-,23+,24+,30+/m0/s1. The third-order valence-electron chi connectivity index (χ3n) is 8.12. The normalized spacial score (nSPS) is 20.6. The first-order valence-electron chi connectivity index (χ1n) is 15.9.